The lowest BCUT2D eigenvalue weighted by Gasteiger charge is -2.32. The van der Waals surface area contributed by atoms with E-state index >= 15 is 0 Å². The van der Waals surface area contributed by atoms with E-state index in [-0.39, 0.29) is 12.1 Å². The van der Waals surface area contributed by atoms with Gasteiger partial charge in [0.05, 0.1) is 19.2 Å². The minimum absolute atomic E-state index is 0.0561. The third-order valence-corrected chi connectivity index (χ3v) is 4.65. The highest BCUT2D eigenvalue weighted by molar-refractivity contribution is 6.30. The van der Waals surface area contributed by atoms with Crippen molar-refractivity contribution in [1.82, 2.24) is 14.8 Å². The van der Waals surface area contributed by atoms with Gasteiger partial charge in [0.2, 0.25) is 5.95 Å². The highest BCUT2D eigenvalue weighted by Crippen LogP contribution is 2.40. The van der Waals surface area contributed by atoms with Gasteiger partial charge in [0.1, 0.15) is 12.1 Å². The van der Waals surface area contributed by atoms with Crippen molar-refractivity contribution < 1.29 is 4.74 Å². The molecule has 2 heterocycles. The van der Waals surface area contributed by atoms with Gasteiger partial charge in [-0.25, -0.2) is 4.68 Å². The summed E-state index contributed by atoms with van der Waals surface area (Å²) in [6.45, 7) is 0. The Morgan fingerprint density at radius 2 is 1.96 bits per heavy atom. The number of nitrogens with one attached hydrogen (secondary N) is 1. The molecule has 4 rings (SSSR count). The summed E-state index contributed by atoms with van der Waals surface area (Å²) in [4.78, 5) is 4.36. The van der Waals surface area contributed by atoms with E-state index in [4.69, 9.17) is 16.3 Å². The SMILES string of the molecule is COc1ccccc1[C@@H]1C[C@@H](c2ccc(Cl)cc2)Nc2ncnn21. The van der Waals surface area contributed by atoms with Gasteiger partial charge in [-0.05, 0) is 30.2 Å². The fraction of sp³-hybridized carbons (Fsp3) is 0.222. The molecule has 0 bridgehead atoms. The first kappa shape index (κ1) is 15.0. The summed E-state index contributed by atoms with van der Waals surface area (Å²) in [7, 11) is 1.69. The lowest BCUT2D eigenvalue weighted by molar-refractivity contribution is 0.380. The lowest BCUT2D eigenvalue weighted by atomic mass is 9.93. The molecule has 2 aromatic carbocycles. The summed E-state index contributed by atoms with van der Waals surface area (Å²) >= 11 is 6.01. The number of para-hydroxylation sites is 1. The van der Waals surface area contributed by atoms with Gasteiger partial charge in [0.25, 0.3) is 0 Å². The zero-order valence-corrected chi connectivity index (χ0v) is 13.9. The third-order valence-electron chi connectivity index (χ3n) is 4.40. The van der Waals surface area contributed by atoms with E-state index in [0.29, 0.717) is 0 Å². The van der Waals surface area contributed by atoms with Crippen LogP contribution in [0, 0.1) is 0 Å². The van der Waals surface area contributed by atoms with Crippen LogP contribution in [-0.2, 0) is 0 Å². The fourth-order valence-electron chi connectivity index (χ4n) is 3.23. The van der Waals surface area contributed by atoms with Crippen LogP contribution in [-0.4, -0.2) is 21.9 Å². The summed E-state index contributed by atoms with van der Waals surface area (Å²) in [6, 6.07) is 16.2. The molecule has 24 heavy (non-hydrogen) atoms. The average Bonchev–Trinajstić information content (AvgIpc) is 3.10. The molecule has 122 valence electrons. The molecular formula is C18H17ClN4O. The zero-order chi connectivity index (χ0) is 16.5. The summed E-state index contributed by atoms with van der Waals surface area (Å²) < 4.78 is 7.47. The van der Waals surface area contributed by atoms with Gasteiger partial charge in [-0.3, -0.25) is 0 Å². The molecule has 2 atom stereocenters. The van der Waals surface area contributed by atoms with Crippen LogP contribution in [0.25, 0.3) is 0 Å². The maximum Gasteiger partial charge on any atom is 0.222 e. The van der Waals surface area contributed by atoms with E-state index in [1.165, 1.54) is 5.56 Å². The topological polar surface area (TPSA) is 52.0 Å². The predicted octanol–water partition coefficient (Wildman–Crippen LogP) is 4.09. The number of benzene rings is 2. The van der Waals surface area contributed by atoms with Crippen LogP contribution in [0.5, 0.6) is 5.75 Å². The number of methoxy groups -OCH3 is 1. The largest absolute Gasteiger partial charge is 0.496 e. The van der Waals surface area contributed by atoms with Gasteiger partial charge < -0.3 is 10.1 Å². The summed E-state index contributed by atoms with van der Waals surface area (Å²) in [5, 5.41) is 8.59. The van der Waals surface area contributed by atoms with Crippen LogP contribution in [0.2, 0.25) is 5.02 Å². The van der Waals surface area contributed by atoms with Gasteiger partial charge in [-0.2, -0.15) is 10.1 Å². The van der Waals surface area contributed by atoms with Gasteiger partial charge in [-0.1, -0.05) is 41.9 Å². The Bertz CT molecular complexity index is 846. The molecule has 0 amide bonds. The second-order valence-electron chi connectivity index (χ2n) is 5.77. The molecule has 0 spiro atoms. The Labute approximate surface area is 145 Å². The Morgan fingerprint density at radius 1 is 1.17 bits per heavy atom. The number of nitrogens with zero attached hydrogens (tertiary/aromatic N) is 3. The summed E-state index contributed by atoms with van der Waals surface area (Å²) in [6.07, 6.45) is 2.42. The van der Waals surface area contributed by atoms with E-state index in [1.807, 2.05) is 47.1 Å². The Morgan fingerprint density at radius 3 is 2.75 bits per heavy atom. The first-order valence-electron chi connectivity index (χ1n) is 7.80. The molecule has 5 nitrogen and oxygen atoms in total. The van der Waals surface area contributed by atoms with Crippen molar-refractivity contribution in [1.29, 1.82) is 0 Å². The molecule has 0 radical (unpaired) electrons. The monoisotopic (exact) mass is 340 g/mol. The van der Waals surface area contributed by atoms with E-state index < -0.39 is 0 Å². The van der Waals surface area contributed by atoms with Crippen molar-refractivity contribution in [3.05, 3.63) is 71.0 Å². The van der Waals surface area contributed by atoms with E-state index in [0.717, 1.165) is 28.7 Å². The first-order chi connectivity index (χ1) is 11.8. The molecule has 1 aliphatic heterocycles. The number of ether oxygens (including phenoxy) is 1. The zero-order valence-electron chi connectivity index (χ0n) is 13.2. The van der Waals surface area contributed by atoms with Gasteiger partial charge in [-0.15, -0.1) is 0 Å². The lowest BCUT2D eigenvalue weighted by Crippen LogP contribution is -2.28. The van der Waals surface area contributed by atoms with E-state index in [1.54, 1.807) is 13.4 Å². The normalized spacial score (nSPS) is 19.4. The second kappa shape index (κ2) is 6.17. The van der Waals surface area contributed by atoms with Crippen molar-refractivity contribution in [3.8, 4) is 5.75 Å². The quantitative estimate of drug-likeness (QED) is 0.780. The standard InChI is InChI=1S/C18H17ClN4O/c1-24-17-5-3-2-4-14(17)16-10-15(12-6-8-13(19)9-7-12)22-18-20-11-21-23(16)18/h2-9,11,15-16H,10H2,1H3,(H,20,21,22)/t15-,16-/m0/s1. The second-order valence-corrected chi connectivity index (χ2v) is 6.21. The number of hydrogen-bond acceptors (Lipinski definition) is 4. The highest BCUT2D eigenvalue weighted by atomic mass is 35.5. The Balaban J connectivity index is 1.75. The number of anilines is 1. The third kappa shape index (κ3) is 2.61. The Kier molecular flexibility index (Phi) is 3.86. The Hall–Kier alpha value is -2.53. The van der Waals surface area contributed by atoms with Crippen LogP contribution in [0.15, 0.2) is 54.9 Å². The molecule has 3 aromatic rings. The van der Waals surface area contributed by atoms with E-state index in [9.17, 15) is 0 Å². The van der Waals surface area contributed by atoms with Crippen molar-refractivity contribution in [2.24, 2.45) is 0 Å². The predicted molar refractivity (Wildman–Crippen MR) is 93.6 cm³/mol. The summed E-state index contributed by atoms with van der Waals surface area (Å²) in [5.74, 6) is 1.62. The average molecular weight is 341 g/mol. The molecule has 0 saturated carbocycles. The molecule has 0 unspecified atom stereocenters. The maximum absolute atomic E-state index is 6.01. The number of fused-ring (bicyclic) bond motifs is 1. The van der Waals surface area contributed by atoms with Crippen LogP contribution < -0.4 is 10.1 Å². The van der Waals surface area contributed by atoms with Crippen molar-refractivity contribution in [2.75, 3.05) is 12.4 Å². The summed E-state index contributed by atoms with van der Waals surface area (Å²) in [5.41, 5.74) is 2.28. The number of halogens is 1. The minimum atomic E-state index is 0.0561. The smallest absolute Gasteiger partial charge is 0.222 e. The van der Waals surface area contributed by atoms with Crippen LogP contribution in [0.3, 0.4) is 0 Å². The first-order valence-corrected chi connectivity index (χ1v) is 8.18. The maximum atomic E-state index is 6.01. The van der Waals surface area contributed by atoms with Crippen LogP contribution >= 0.6 is 11.6 Å². The molecular weight excluding hydrogens is 324 g/mol. The van der Waals surface area contributed by atoms with E-state index in [2.05, 4.69) is 21.5 Å². The molecule has 1 aliphatic rings. The van der Waals surface area contributed by atoms with Crippen molar-refractivity contribution in [3.63, 3.8) is 0 Å². The molecule has 0 saturated heterocycles. The van der Waals surface area contributed by atoms with Crippen molar-refractivity contribution >= 4 is 17.5 Å². The molecule has 6 heteroatoms. The number of aromatic nitrogens is 3. The van der Waals surface area contributed by atoms with Gasteiger partial charge in [0.15, 0.2) is 0 Å². The molecule has 0 aliphatic carbocycles. The van der Waals surface area contributed by atoms with Crippen LogP contribution in [0.4, 0.5) is 5.95 Å². The van der Waals surface area contributed by atoms with Crippen molar-refractivity contribution in [2.45, 2.75) is 18.5 Å². The van der Waals surface area contributed by atoms with Gasteiger partial charge in [0, 0.05) is 10.6 Å². The van der Waals surface area contributed by atoms with Crippen LogP contribution in [0.1, 0.15) is 29.6 Å². The fourth-order valence-corrected chi connectivity index (χ4v) is 3.36. The molecule has 0 fully saturated rings. The number of rotatable bonds is 3. The van der Waals surface area contributed by atoms with Gasteiger partial charge >= 0.3 is 0 Å². The molecule has 1 N–H and O–H groups in total. The highest BCUT2D eigenvalue weighted by Gasteiger charge is 2.31. The minimum Gasteiger partial charge on any atom is -0.496 e. The number of hydrogen-bond donors (Lipinski definition) is 1. The molecule has 1 aromatic heterocycles.